The summed E-state index contributed by atoms with van der Waals surface area (Å²) in [4.78, 5) is 7.65. The molecular formula is C18H23F3N4O. The number of alkyl halides is 3. The van der Waals surface area contributed by atoms with E-state index in [0.717, 1.165) is 17.2 Å². The largest absolute Gasteiger partial charge is 0.433 e. The van der Waals surface area contributed by atoms with Crippen LogP contribution in [0, 0.1) is 12.8 Å². The first-order valence-electron chi connectivity index (χ1n) is 8.32. The van der Waals surface area contributed by atoms with Crippen molar-refractivity contribution in [1.29, 1.82) is 0 Å². The first-order chi connectivity index (χ1) is 12.2. The third kappa shape index (κ3) is 5.59. The number of aryl methyl sites for hydroxylation is 1. The van der Waals surface area contributed by atoms with E-state index >= 15 is 0 Å². The molecule has 0 bridgehead atoms. The van der Waals surface area contributed by atoms with Gasteiger partial charge in [-0.3, -0.25) is 0 Å². The number of benzene rings is 1. The van der Waals surface area contributed by atoms with E-state index in [1.807, 2.05) is 45.0 Å². The molecule has 1 aromatic heterocycles. The van der Waals surface area contributed by atoms with Gasteiger partial charge in [-0.15, -0.1) is 0 Å². The third-order valence-electron chi connectivity index (χ3n) is 3.93. The molecule has 0 unspecified atom stereocenters. The summed E-state index contributed by atoms with van der Waals surface area (Å²) in [6.45, 7) is 5.75. The molecule has 0 aliphatic heterocycles. The van der Waals surface area contributed by atoms with Crippen molar-refractivity contribution in [2.45, 2.75) is 39.5 Å². The van der Waals surface area contributed by atoms with Gasteiger partial charge < -0.3 is 15.7 Å². The summed E-state index contributed by atoms with van der Waals surface area (Å²) in [5.74, 6) is -0.100. The molecule has 0 saturated carbocycles. The summed E-state index contributed by atoms with van der Waals surface area (Å²) in [6, 6.07) is 8.09. The van der Waals surface area contributed by atoms with Gasteiger partial charge in [0.2, 0.25) is 5.95 Å². The lowest BCUT2D eigenvalue weighted by atomic mass is 10.1. The fraction of sp³-hybridized carbons (Fsp3) is 0.444. The summed E-state index contributed by atoms with van der Waals surface area (Å²) in [5.41, 5.74) is 0.986. The molecule has 0 fully saturated rings. The van der Waals surface area contributed by atoms with E-state index in [9.17, 15) is 18.3 Å². The highest BCUT2D eigenvalue weighted by Gasteiger charge is 2.34. The second kappa shape index (κ2) is 8.35. The van der Waals surface area contributed by atoms with E-state index < -0.39 is 17.9 Å². The number of nitrogens with zero attached hydrogens (tertiary/aromatic N) is 2. The highest BCUT2D eigenvalue weighted by atomic mass is 19.4. The van der Waals surface area contributed by atoms with Crippen LogP contribution in [0.2, 0.25) is 0 Å². The Kier molecular flexibility index (Phi) is 6.42. The molecule has 1 atom stereocenters. The van der Waals surface area contributed by atoms with Crippen LogP contribution in [-0.4, -0.2) is 27.7 Å². The van der Waals surface area contributed by atoms with E-state index in [-0.39, 0.29) is 24.3 Å². The summed E-state index contributed by atoms with van der Waals surface area (Å²) >= 11 is 0. The molecule has 0 spiro atoms. The molecule has 0 radical (unpaired) electrons. The summed E-state index contributed by atoms with van der Waals surface area (Å²) in [5, 5.41) is 15.0. The number of hydrogen-bond donors (Lipinski definition) is 3. The SMILES string of the molecule is Cc1ccc(CNc2cc(C(F)(F)F)nc(N[C@@H](CO)C(C)C)n2)cc1. The van der Waals surface area contributed by atoms with Gasteiger partial charge in [0.25, 0.3) is 0 Å². The number of anilines is 2. The van der Waals surface area contributed by atoms with Gasteiger partial charge in [-0.25, -0.2) is 4.98 Å². The predicted molar refractivity (Wildman–Crippen MR) is 94.9 cm³/mol. The first kappa shape index (κ1) is 20.0. The molecule has 3 N–H and O–H groups in total. The minimum absolute atomic E-state index is 0.00195. The third-order valence-corrected chi connectivity index (χ3v) is 3.93. The lowest BCUT2D eigenvalue weighted by Gasteiger charge is -2.21. The second-order valence-corrected chi connectivity index (χ2v) is 6.48. The molecule has 26 heavy (non-hydrogen) atoms. The van der Waals surface area contributed by atoms with Crippen LogP contribution < -0.4 is 10.6 Å². The lowest BCUT2D eigenvalue weighted by Crippen LogP contribution is -2.30. The number of aliphatic hydroxyl groups is 1. The first-order valence-corrected chi connectivity index (χ1v) is 8.32. The Morgan fingerprint density at radius 1 is 1.12 bits per heavy atom. The van der Waals surface area contributed by atoms with E-state index in [1.165, 1.54) is 0 Å². The maximum absolute atomic E-state index is 13.1. The van der Waals surface area contributed by atoms with Gasteiger partial charge in [0.05, 0.1) is 12.6 Å². The van der Waals surface area contributed by atoms with Gasteiger partial charge in [0.15, 0.2) is 5.69 Å². The Balaban J connectivity index is 2.23. The molecular weight excluding hydrogens is 345 g/mol. The molecule has 2 rings (SSSR count). The van der Waals surface area contributed by atoms with Crippen LogP contribution in [0.3, 0.4) is 0 Å². The molecule has 0 aliphatic carbocycles. The van der Waals surface area contributed by atoms with Crippen LogP contribution in [0.15, 0.2) is 30.3 Å². The van der Waals surface area contributed by atoms with Gasteiger partial charge in [-0.05, 0) is 18.4 Å². The van der Waals surface area contributed by atoms with Crippen molar-refractivity contribution in [1.82, 2.24) is 9.97 Å². The molecule has 0 aliphatic rings. The number of aromatic nitrogens is 2. The van der Waals surface area contributed by atoms with Crippen molar-refractivity contribution >= 4 is 11.8 Å². The van der Waals surface area contributed by atoms with Gasteiger partial charge in [-0.1, -0.05) is 43.7 Å². The normalized spacial score (nSPS) is 12.9. The van der Waals surface area contributed by atoms with Crippen molar-refractivity contribution in [2.24, 2.45) is 5.92 Å². The predicted octanol–water partition coefficient (Wildman–Crippen LogP) is 3.84. The zero-order valence-electron chi connectivity index (χ0n) is 14.9. The average Bonchev–Trinajstić information content (AvgIpc) is 2.58. The van der Waals surface area contributed by atoms with Crippen LogP contribution in [0.5, 0.6) is 0 Å². The maximum atomic E-state index is 13.1. The fourth-order valence-electron chi connectivity index (χ4n) is 2.24. The van der Waals surface area contributed by atoms with Crippen molar-refractivity contribution < 1.29 is 18.3 Å². The van der Waals surface area contributed by atoms with Crippen LogP contribution in [-0.2, 0) is 12.7 Å². The highest BCUT2D eigenvalue weighted by molar-refractivity contribution is 5.44. The van der Waals surface area contributed by atoms with E-state index in [0.29, 0.717) is 6.54 Å². The summed E-state index contributed by atoms with van der Waals surface area (Å²) < 4.78 is 39.4. The number of aliphatic hydroxyl groups excluding tert-OH is 1. The van der Waals surface area contributed by atoms with E-state index in [1.54, 1.807) is 0 Å². The zero-order chi connectivity index (χ0) is 19.3. The fourth-order valence-corrected chi connectivity index (χ4v) is 2.24. The topological polar surface area (TPSA) is 70.1 Å². The van der Waals surface area contributed by atoms with Crippen LogP contribution >= 0.6 is 0 Å². The van der Waals surface area contributed by atoms with Crippen LogP contribution in [0.25, 0.3) is 0 Å². The summed E-state index contributed by atoms with van der Waals surface area (Å²) in [7, 11) is 0. The van der Waals surface area contributed by atoms with Crippen molar-refractivity contribution in [3.05, 3.63) is 47.2 Å². The Hall–Kier alpha value is -2.35. The Morgan fingerprint density at radius 2 is 1.77 bits per heavy atom. The minimum Gasteiger partial charge on any atom is -0.394 e. The Labute approximate surface area is 150 Å². The van der Waals surface area contributed by atoms with E-state index in [4.69, 9.17) is 0 Å². The molecule has 142 valence electrons. The number of hydrogen-bond acceptors (Lipinski definition) is 5. The molecule has 1 aromatic carbocycles. The van der Waals surface area contributed by atoms with Crippen LogP contribution in [0.1, 0.15) is 30.7 Å². The van der Waals surface area contributed by atoms with Gasteiger partial charge in [0.1, 0.15) is 5.82 Å². The maximum Gasteiger partial charge on any atom is 0.433 e. The lowest BCUT2D eigenvalue weighted by molar-refractivity contribution is -0.141. The Morgan fingerprint density at radius 3 is 2.31 bits per heavy atom. The van der Waals surface area contributed by atoms with Crippen molar-refractivity contribution in [3.63, 3.8) is 0 Å². The van der Waals surface area contributed by atoms with Gasteiger partial charge in [0, 0.05) is 12.6 Å². The van der Waals surface area contributed by atoms with Gasteiger partial charge >= 0.3 is 6.18 Å². The second-order valence-electron chi connectivity index (χ2n) is 6.48. The smallest absolute Gasteiger partial charge is 0.394 e. The minimum atomic E-state index is -4.59. The van der Waals surface area contributed by atoms with Gasteiger partial charge in [-0.2, -0.15) is 18.2 Å². The monoisotopic (exact) mass is 368 g/mol. The Bertz CT molecular complexity index is 717. The number of rotatable bonds is 7. The molecule has 0 amide bonds. The zero-order valence-corrected chi connectivity index (χ0v) is 14.9. The number of nitrogens with one attached hydrogen (secondary N) is 2. The standard InChI is InChI=1S/C18H23F3N4O/c1-11(2)14(10-26)23-17-24-15(18(19,20)21)8-16(25-17)22-9-13-6-4-12(3)5-7-13/h4-8,11,14,26H,9-10H2,1-3H3,(H2,22,23,24,25)/t14-/m0/s1. The molecule has 0 saturated heterocycles. The number of halogens is 3. The molecule has 1 heterocycles. The average molecular weight is 368 g/mol. The van der Waals surface area contributed by atoms with Crippen molar-refractivity contribution in [3.8, 4) is 0 Å². The molecule has 8 heteroatoms. The van der Waals surface area contributed by atoms with E-state index in [2.05, 4.69) is 20.6 Å². The molecule has 5 nitrogen and oxygen atoms in total. The quantitative estimate of drug-likeness (QED) is 0.693. The molecule has 2 aromatic rings. The van der Waals surface area contributed by atoms with Crippen LogP contribution in [0.4, 0.5) is 24.9 Å². The van der Waals surface area contributed by atoms with Crippen molar-refractivity contribution in [2.75, 3.05) is 17.2 Å². The highest BCUT2D eigenvalue weighted by Crippen LogP contribution is 2.30. The summed E-state index contributed by atoms with van der Waals surface area (Å²) in [6.07, 6.45) is -4.59.